The van der Waals surface area contributed by atoms with Gasteiger partial charge in [-0.3, -0.25) is 9.48 Å². The average molecular weight is 482 g/mol. The van der Waals surface area contributed by atoms with Gasteiger partial charge < -0.3 is 21.7 Å². The van der Waals surface area contributed by atoms with Gasteiger partial charge in [0.05, 0.1) is 22.8 Å². The SMILES string of the molecule is CCCc1nn(C2CC2)c2ccc(N(C)c3nc(N[C@H](CCC)[C@H](C)N)c(F)cc3C(N)=O)cc12. The van der Waals surface area contributed by atoms with Gasteiger partial charge in [0.1, 0.15) is 5.82 Å². The van der Waals surface area contributed by atoms with Crippen LogP contribution in [0.15, 0.2) is 24.3 Å². The molecule has 0 spiro atoms. The van der Waals surface area contributed by atoms with Crippen molar-refractivity contribution in [3.05, 3.63) is 41.3 Å². The van der Waals surface area contributed by atoms with E-state index < -0.39 is 11.7 Å². The van der Waals surface area contributed by atoms with Gasteiger partial charge in [-0.05, 0) is 56.9 Å². The van der Waals surface area contributed by atoms with Gasteiger partial charge in [0, 0.05) is 30.2 Å². The summed E-state index contributed by atoms with van der Waals surface area (Å²) in [6.07, 6.45) is 5.85. The Hall–Kier alpha value is -3.20. The van der Waals surface area contributed by atoms with Gasteiger partial charge in [-0.25, -0.2) is 9.37 Å². The van der Waals surface area contributed by atoms with Crippen molar-refractivity contribution in [1.29, 1.82) is 0 Å². The quantitative estimate of drug-likeness (QED) is 0.367. The lowest BCUT2D eigenvalue weighted by Gasteiger charge is -2.25. The Morgan fingerprint density at radius 3 is 2.63 bits per heavy atom. The molecule has 1 amide bonds. The Bertz CT molecular complexity index is 1220. The summed E-state index contributed by atoms with van der Waals surface area (Å²) in [5, 5.41) is 9.11. The fourth-order valence-electron chi connectivity index (χ4n) is 4.51. The number of carbonyl (C=O) groups is 1. The molecule has 3 aromatic rings. The molecule has 188 valence electrons. The summed E-state index contributed by atoms with van der Waals surface area (Å²) in [5.41, 5.74) is 14.7. The molecule has 1 saturated carbocycles. The van der Waals surface area contributed by atoms with Gasteiger partial charge in [0.15, 0.2) is 11.6 Å². The number of nitrogens with zero attached hydrogens (tertiary/aromatic N) is 4. The molecular formula is C26H36FN7O. The maximum atomic E-state index is 14.9. The van der Waals surface area contributed by atoms with Crippen molar-refractivity contribution in [2.24, 2.45) is 11.5 Å². The Morgan fingerprint density at radius 2 is 2.03 bits per heavy atom. The second-order valence-electron chi connectivity index (χ2n) is 9.59. The van der Waals surface area contributed by atoms with Crippen molar-refractivity contribution in [3.63, 3.8) is 0 Å². The molecule has 4 rings (SSSR count). The number of anilines is 3. The molecule has 0 bridgehead atoms. The van der Waals surface area contributed by atoms with Crippen LogP contribution in [0.5, 0.6) is 0 Å². The zero-order chi connectivity index (χ0) is 25.3. The molecule has 0 radical (unpaired) electrons. The van der Waals surface area contributed by atoms with E-state index in [4.69, 9.17) is 16.6 Å². The third-order valence-electron chi connectivity index (χ3n) is 6.63. The summed E-state index contributed by atoms with van der Waals surface area (Å²) in [6.45, 7) is 6.06. The van der Waals surface area contributed by atoms with E-state index in [2.05, 4.69) is 34.0 Å². The number of hydrogen-bond donors (Lipinski definition) is 3. The zero-order valence-electron chi connectivity index (χ0n) is 21.0. The van der Waals surface area contributed by atoms with Crippen LogP contribution < -0.4 is 21.7 Å². The van der Waals surface area contributed by atoms with Crippen molar-refractivity contribution in [1.82, 2.24) is 14.8 Å². The molecule has 1 fully saturated rings. The third kappa shape index (κ3) is 5.10. The summed E-state index contributed by atoms with van der Waals surface area (Å²) in [5.74, 6) is -1.03. The maximum absolute atomic E-state index is 14.9. The summed E-state index contributed by atoms with van der Waals surface area (Å²) in [4.78, 5) is 18.5. The number of amides is 1. The van der Waals surface area contributed by atoms with Crippen molar-refractivity contribution in [2.45, 2.75) is 77.4 Å². The summed E-state index contributed by atoms with van der Waals surface area (Å²) in [7, 11) is 1.80. The van der Waals surface area contributed by atoms with Crippen LogP contribution in [0, 0.1) is 5.82 Å². The topological polar surface area (TPSA) is 115 Å². The molecule has 2 heterocycles. The minimum atomic E-state index is -0.739. The van der Waals surface area contributed by atoms with Crippen LogP contribution in [0.2, 0.25) is 0 Å². The molecule has 1 aliphatic rings. The first-order valence-corrected chi connectivity index (χ1v) is 12.5. The average Bonchev–Trinajstić information content (AvgIpc) is 3.61. The van der Waals surface area contributed by atoms with Gasteiger partial charge in [-0.15, -0.1) is 0 Å². The Kier molecular flexibility index (Phi) is 7.25. The standard InChI is InChI=1S/C26H36FN7O/c1-5-7-21(15(3)28)30-25-20(27)14-19(24(29)35)26(31-25)33(4)17-11-12-23-18(13-17)22(8-6-2)32-34(23)16-9-10-16/h11-16,21H,5-10,28H2,1-4H3,(H2,29,35)(H,30,31)/t15-,21+/m0/s1. The smallest absolute Gasteiger partial charge is 0.252 e. The number of carbonyl (C=O) groups excluding carboxylic acids is 1. The van der Waals surface area contributed by atoms with Gasteiger partial charge in [-0.2, -0.15) is 5.10 Å². The molecule has 5 N–H and O–H groups in total. The number of primary amides is 1. The number of pyridine rings is 1. The predicted molar refractivity (Wildman–Crippen MR) is 139 cm³/mol. The van der Waals surface area contributed by atoms with Gasteiger partial charge in [0.2, 0.25) is 0 Å². The van der Waals surface area contributed by atoms with Crippen LogP contribution in [0.3, 0.4) is 0 Å². The number of halogens is 1. The second kappa shape index (κ2) is 10.2. The molecule has 0 aliphatic heterocycles. The summed E-state index contributed by atoms with van der Waals surface area (Å²) >= 11 is 0. The van der Waals surface area contributed by atoms with Gasteiger partial charge in [0.25, 0.3) is 5.91 Å². The van der Waals surface area contributed by atoms with E-state index in [1.54, 1.807) is 11.9 Å². The lowest BCUT2D eigenvalue weighted by Crippen LogP contribution is -2.38. The Morgan fingerprint density at radius 1 is 1.29 bits per heavy atom. The largest absolute Gasteiger partial charge is 0.365 e. The van der Waals surface area contributed by atoms with Crippen LogP contribution >= 0.6 is 0 Å². The number of fused-ring (bicyclic) bond motifs is 1. The number of nitrogens with one attached hydrogen (secondary N) is 1. The van der Waals surface area contributed by atoms with Crippen molar-refractivity contribution >= 4 is 34.1 Å². The minimum Gasteiger partial charge on any atom is -0.365 e. The van der Waals surface area contributed by atoms with Crippen LogP contribution in [-0.2, 0) is 6.42 Å². The van der Waals surface area contributed by atoms with Crippen molar-refractivity contribution in [2.75, 3.05) is 17.3 Å². The number of aryl methyl sites for hydroxylation is 1. The van der Waals surface area contributed by atoms with E-state index in [9.17, 15) is 9.18 Å². The lowest BCUT2D eigenvalue weighted by atomic mass is 10.1. The molecule has 35 heavy (non-hydrogen) atoms. The van der Waals surface area contributed by atoms with E-state index in [0.29, 0.717) is 6.04 Å². The third-order valence-corrected chi connectivity index (χ3v) is 6.63. The molecule has 2 aromatic heterocycles. The van der Waals surface area contributed by atoms with E-state index >= 15 is 0 Å². The summed E-state index contributed by atoms with van der Waals surface area (Å²) < 4.78 is 17.1. The van der Waals surface area contributed by atoms with Crippen molar-refractivity contribution in [3.8, 4) is 0 Å². The van der Waals surface area contributed by atoms with Crippen molar-refractivity contribution < 1.29 is 9.18 Å². The number of hydrogen-bond acceptors (Lipinski definition) is 6. The maximum Gasteiger partial charge on any atom is 0.252 e. The molecule has 1 aliphatic carbocycles. The predicted octanol–water partition coefficient (Wildman–Crippen LogP) is 4.65. The van der Waals surface area contributed by atoms with Gasteiger partial charge >= 0.3 is 0 Å². The molecule has 2 atom stereocenters. The van der Waals surface area contributed by atoms with Crippen LogP contribution in [-0.4, -0.2) is 39.8 Å². The molecule has 1 aromatic carbocycles. The first kappa shape index (κ1) is 24.9. The number of aromatic nitrogens is 3. The highest BCUT2D eigenvalue weighted by atomic mass is 19.1. The van der Waals surface area contributed by atoms with Gasteiger partial charge in [-0.1, -0.05) is 26.7 Å². The first-order chi connectivity index (χ1) is 16.7. The zero-order valence-corrected chi connectivity index (χ0v) is 21.0. The normalized spacial score (nSPS) is 15.3. The van der Waals surface area contributed by atoms with E-state index in [1.165, 1.54) is 0 Å². The monoisotopic (exact) mass is 481 g/mol. The lowest BCUT2D eigenvalue weighted by molar-refractivity contribution is 0.1000. The Balaban J connectivity index is 1.76. The minimum absolute atomic E-state index is 0.0194. The highest BCUT2D eigenvalue weighted by Gasteiger charge is 2.28. The second-order valence-corrected chi connectivity index (χ2v) is 9.59. The molecule has 0 unspecified atom stereocenters. The summed E-state index contributed by atoms with van der Waals surface area (Å²) in [6, 6.07) is 7.38. The molecule has 9 heteroatoms. The van der Waals surface area contributed by atoms with E-state index in [-0.39, 0.29) is 29.3 Å². The fraction of sp³-hybridized carbons (Fsp3) is 0.500. The highest BCUT2D eigenvalue weighted by molar-refractivity contribution is 5.99. The fourth-order valence-corrected chi connectivity index (χ4v) is 4.51. The van der Waals surface area contributed by atoms with E-state index in [0.717, 1.165) is 66.9 Å². The van der Waals surface area contributed by atoms with Crippen LogP contribution in [0.4, 0.5) is 21.7 Å². The number of rotatable bonds is 11. The van der Waals surface area contributed by atoms with Crippen LogP contribution in [0.1, 0.15) is 75.0 Å². The number of nitrogens with two attached hydrogens (primary N) is 2. The molecule has 0 saturated heterocycles. The van der Waals surface area contributed by atoms with Crippen LogP contribution in [0.25, 0.3) is 10.9 Å². The molecular weight excluding hydrogens is 445 g/mol. The first-order valence-electron chi connectivity index (χ1n) is 12.5. The molecule has 8 nitrogen and oxygen atoms in total. The number of benzene rings is 1. The Labute approximate surface area is 205 Å². The van der Waals surface area contributed by atoms with E-state index in [1.807, 2.05) is 19.9 Å². The highest BCUT2D eigenvalue weighted by Crippen LogP contribution is 2.39.